The van der Waals surface area contributed by atoms with Crippen molar-refractivity contribution < 1.29 is 19.1 Å². The molecule has 1 N–H and O–H groups in total. The van der Waals surface area contributed by atoms with Gasteiger partial charge in [-0.3, -0.25) is 9.59 Å². The zero-order valence-electron chi connectivity index (χ0n) is 15.8. The van der Waals surface area contributed by atoms with Gasteiger partial charge in [0.1, 0.15) is 0 Å². The third-order valence-corrected chi connectivity index (χ3v) is 5.18. The van der Waals surface area contributed by atoms with Crippen LogP contribution in [0.4, 0.5) is 4.79 Å². The standard InChI is InChI=1S/C20H27N3O4/c1-2-27-20(26)23-13-11-22(12-14-23)19(25)16-9-7-15(8-10-16)18(24)21-17-5-3-4-6-17/h7-10,17H,2-6,11-14H2,1H3,(H,21,24). The number of carbonyl (C=O) groups is 3. The highest BCUT2D eigenvalue weighted by Crippen LogP contribution is 2.18. The van der Waals surface area contributed by atoms with Crippen molar-refractivity contribution in [2.75, 3.05) is 32.8 Å². The molecular weight excluding hydrogens is 346 g/mol. The van der Waals surface area contributed by atoms with Gasteiger partial charge in [0.2, 0.25) is 0 Å². The number of benzene rings is 1. The molecule has 1 saturated heterocycles. The topological polar surface area (TPSA) is 79.0 Å². The number of hydrogen-bond acceptors (Lipinski definition) is 4. The van der Waals surface area contributed by atoms with Gasteiger partial charge in [0, 0.05) is 43.3 Å². The molecule has 1 saturated carbocycles. The molecule has 146 valence electrons. The van der Waals surface area contributed by atoms with E-state index in [9.17, 15) is 14.4 Å². The Bertz CT molecular complexity index is 675. The van der Waals surface area contributed by atoms with Gasteiger partial charge in [-0.2, -0.15) is 0 Å². The number of hydrogen-bond donors (Lipinski definition) is 1. The molecule has 0 unspecified atom stereocenters. The van der Waals surface area contributed by atoms with Gasteiger partial charge in [0.05, 0.1) is 6.61 Å². The summed E-state index contributed by atoms with van der Waals surface area (Å²) in [6, 6.07) is 7.07. The first-order chi connectivity index (χ1) is 13.1. The van der Waals surface area contributed by atoms with Crippen LogP contribution in [0.1, 0.15) is 53.3 Å². The van der Waals surface area contributed by atoms with Gasteiger partial charge in [-0.1, -0.05) is 12.8 Å². The Balaban J connectivity index is 1.53. The van der Waals surface area contributed by atoms with Crippen molar-refractivity contribution in [3.63, 3.8) is 0 Å². The van der Waals surface area contributed by atoms with Crippen molar-refractivity contribution in [3.05, 3.63) is 35.4 Å². The molecule has 27 heavy (non-hydrogen) atoms. The van der Waals surface area contributed by atoms with Crippen LogP contribution in [0.3, 0.4) is 0 Å². The first-order valence-corrected chi connectivity index (χ1v) is 9.70. The maximum Gasteiger partial charge on any atom is 0.409 e. The van der Waals surface area contributed by atoms with Crippen molar-refractivity contribution in [1.82, 2.24) is 15.1 Å². The fraction of sp³-hybridized carbons (Fsp3) is 0.550. The number of nitrogens with one attached hydrogen (secondary N) is 1. The monoisotopic (exact) mass is 373 g/mol. The summed E-state index contributed by atoms with van der Waals surface area (Å²) in [7, 11) is 0. The highest BCUT2D eigenvalue weighted by Gasteiger charge is 2.25. The molecule has 3 rings (SSSR count). The van der Waals surface area contributed by atoms with Gasteiger partial charge in [0.25, 0.3) is 11.8 Å². The first kappa shape index (κ1) is 19.2. The Kier molecular flexibility index (Phi) is 6.32. The van der Waals surface area contributed by atoms with Crippen LogP contribution < -0.4 is 5.32 Å². The zero-order valence-corrected chi connectivity index (χ0v) is 15.8. The molecule has 0 spiro atoms. The molecule has 2 aliphatic rings. The van der Waals surface area contributed by atoms with Crippen molar-refractivity contribution in [1.29, 1.82) is 0 Å². The predicted octanol–water partition coefficient (Wildman–Crippen LogP) is 2.27. The van der Waals surface area contributed by atoms with Crippen molar-refractivity contribution in [2.24, 2.45) is 0 Å². The molecule has 3 amide bonds. The molecule has 1 aliphatic heterocycles. The molecule has 1 aromatic rings. The van der Waals surface area contributed by atoms with Gasteiger partial charge in [-0.05, 0) is 44.0 Å². The molecular formula is C20H27N3O4. The molecule has 0 radical (unpaired) electrons. The van der Waals surface area contributed by atoms with Gasteiger partial charge >= 0.3 is 6.09 Å². The summed E-state index contributed by atoms with van der Waals surface area (Å²) in [4.78, 5) is 40.0. The minimum Gasteiger partial charge on any atom is -0.450 e. The van der Waals surface area contributed by atoms with Crippen molar-refractivity contribution >= 4 is 17.9 Å². The van der Waals surface area contributed by atoms with Gasteiger partial charge < -0.3 is 19.9 Å². The van der Waals surface area contributed by atoms with Gasteiger partial charge in [-0.15, -0.1) is 0 Å². The molecule has 7 heteroatoms. The predicted molar refractivity (Wildman–Crippen MR) is 101 cm³/mol. The van der Waals surface area contributed by atoms with Crippen LogP contribution in [0, 0.1) is 0 Å². The van der Waals surface area contributed by atoms with Crippen LogP contribution in [0.2, 0.25) is 0 Å². The number of ether oxygens (including phenoxy) is 1. The highest BCUT2D eigenvalue weighted by molar-refractivity contribution is 5.98. The largest absolute Gasteiger partial charge is 0.450 e. The molecule has 1 aromatic carbocycles. The van der Waals surface area contributed by atoms with E-state index in [1.807, 2.05) is 0 Å². The van der Waals surface area contributed by atoms with E-state index in [2.05, 4.69) is 5.32 Å². The van der Waals surface area contributed by atoms with Crippen LogP contribution in [0.25, 0.3) is 0 Å². The molecule has 0 aromatic heterocycles. The molecule has 0 bridgehead atoms. The normalized spacial score (nSPS) is 17.7. The lowest BCUT2D eigenvalue weighted by Gasteiger charge is -2.34. The van der Waals surface area contributed by atoms with E-state index >= 15 is 0 Å². The molecule has 0 atom stereocenters. The lowest BCUT2D eigenvalue weighted by Crippen LogP contribution is -2.50. The van der Waals surface area contributed by atoms with Crippen LogP contribution in [0.5, 0.6) is 0 Å². The van der Waals surface area contributed by atoms with Crippen molar-refractivity contribution in [3.8, 4) is 0 Å². The minimum absolute atomic E-state index is 0.0797. The SMILES string of the molecule is CCOC(=O)N1CCN(C(=O)c2ccc(C(=O)NC3CCCC3)cc2)CC1. The average molecular weight is 373 g/mol. The average Bonchev–Trinajstić information content (AvgIpc) is 3.21. The maximum absolute atomic E-state index is 12.7. The Morgan fingerprint density at radius 3 is 2.11 bits per heavy atom. The van der Waals surface area contributed by atoms with Gasteiger partial charge in [0.15, 0.2) is 0 Å². The Hall–Kier alpha value is -2.57. The van der Waals surface area contributed by atoms with E-state index in [0.29, 0.717) is 43.9 Å². The second-order valence-corrected chi connectivity index (χ2v) is 7.01. The van der Waals surface area contributed by atoms with E-state index in [-0.39, 0.29) is 23.9 Å². The Labute approximate surface area is 159 Å². The minimum atomic E-state index is -0.331. The summed E-state index contributed by atoms with van der Waals surface area (Å²) in [5, 5.41) is 3.05. The Morgan fingerprint density at radius 2 is 1.52 bits per heavy atom. The van der Waals surface area contributed by atoms with Gasteiger partial charge in [-0.25, -0.2) is 4.79 Å². The molecule has 1 heterocycles. The second-order valence-electron chi connectivity index (χ2n) is 7.01. The van der Waals surface area contributed by atoms with E-state index in [1.54, 1.807) is 41.0 Å². The number of amides is 3. The lowest BCUT2D eigenvalue weighted by atomic mass is 10.1. The summed E-state index contributed by atoms with van der Waals surface area (Å²) < 4.78 is 4.99. The summed E-state index contributed by atoms with van der Waals surface area (Å²) in [5.41, 5.74) is 1.13. The lowest BCUT2D eigenvalue weighted by molar-refractivity contribution is 0.0570. The second kappa shape index (κ2) is 8.88. The number of nitrogens with zero attached hydrogens (tertiary/aromatic N) is 2. The number of rotatable bonds is 4. The van der Waals surface area contributed by atoms with Crippen molar-refractivity contribution in [2.45, 2.75) is 38.6 Å². The van der Waals surface area contributed by atoms with E-state index < -0.39 is 0 Å². The quantitative estimate of drug-likeness (QED) is 0.878. The highest BCUT2D eigenvalue weighted by atomic mass is 16.6. The summed E-state index contributed by atoms with van der Waals surface area (Å²) in [6.45, 7) is 4.00. The fourth-order valence-corrected chi connectivity index (χ4v) is 3.59. The number of carbonyl (C=O) groups excluding carboxylic acids is 3. The third-order valence-electron chi connectivity index (χ3n) is 5.18. The fourth-order valence-electron chi connectivity index (χ4n) is 3.59. The molecule has 2 fully saturated rings. The van der Waals surface area contributed by atoms with Crippen LogP contribution in [-0.2, 0) is 4.74 Å². The summed E-state index contributed by atoms with van der Waals surface area (Å²) in [6.07, 6.45) is 4.09. The van der Waals surface area contributed by atoms with E-state index in [4.69, 9.17) is 4.74 Å². The van der Waals surface area contributed by atoms with E-state index in [0.717, 1.165) is 12.8 Å². The summed E-state index contributed by atoms with van der Waals surface area (Å²) >= 11 is 0. The zero-order chi connectivity index (χ0) is 19.2. The third kappa shape index (κ3) is 4.78. The first-order valence-electron chi connectivity index (χ1n) is 9.70. The van der Waals surface area contributed by atoms with Crippen LogP contribution in [-0.4, -0.2) is 66.5 Å². The summed E-state index contributed by atoms with van der Waals surface area (Å²) in [5.74, 6) is -0.162. The maximum atomic E-state index is 12.7. The van der Waals surface area contributed by atoms with Crippen LogP contribution >= 0.6 is 0 Å². The smallest absolute Gasteiger partial charge is 0.409 e. The Morgan fingerprint density at radius 1 is 0.963 bits per heavy atom. The molecule has 1 aliphatic carbocycles. The number of piperazine rings is 1. The van der Waals surface area contributed by atoms with Crippen LogP contribution in [0.15, 0.2) is 24.3 Å². The molecule has 7 nitrogen and oxygen atoms in total. The van der Waals surface area contributed by atoms with E-state index in [1.165, 1.54) is 12.8 Å².